The van der Waals surface area contributed by atoms with Gasteiger partial charge in [-0.2, -0.15) is 0 Å². The fraction of sp³-hybridized carbons (Fsp3) is 0.533. The monoisotopic (exact) mass is 265 g/mol. The van der Waals surface area contributed by atoms with E-state index < -0.39 is 0 Å². The maximum absolute atomic E-state index is 13.5. The van der Waals surface area contributed by atoms with Crippen LogP contribution in [0, 0.1) is 12.7 Å². The maximum Gasteiger partial charge on any atom is 0.254 e. The molecule has 1 saturated carbocycles. The molecule has 0 aliphatic heterocycles. The molecular formula is C15H20FNO2. The summed E-state index contributed by atoms with van der Waals surface area (Å²) < 4.78 is 13.5. The van der Waals surface area contributed by atoms with E-state index >= 15 is 0 Å². The zero-order valence-corrected chi connectivity index (χ0v) is 11.2. The summed E-state index contributed by atoms with van der Waals surface area (Å²) in [5, 5.41) is 8.92. The summed E-state index contributed by atoms with van der Waals surface area (Å²) in [6, 6.07) is 4.87. The highest BCUT2D eigenvalue weighted by molar-refractivity contribution is 5.94. The number of carbonyl (C=O) groups excluding carboxylic acids is 1. The Morgan fingerprint density at radius 1 is 1.47 bits per heavy atom. The van der Waals surface area contributed by atoms with Gasteiger partial charge in [0.25, 0.3) is 5.91 Å². The van der Waals surface area contributed by atoms with Crippen LogP contribution in [0.25, 0.3) is 0 Å². The van der Waals surface area contributed by atoms with Crippen molar-refractivity contribution in [1.82, 2.24) is 4.90 Å². The van der Waals surface area contributed by atoms with Gasteiger partial charge >= 0.3 is 0 Å². The van der Waals surface area contributed by atoms with Gasteiger partial charge in [0.1, 0.15) is 5.82 Å². The van der Waals surface area contributed by atoms with Gasteiger partial charge in [0, 0.05) is 24.8 Å². The average Bonchev–Trinajstić information content (AvgIpc) is 2.34. The van der Waals surface area contributed by atoms with Crippen molar-refractivity contribution in [3.63, 3.8) is 0 Å². The molecule has 1 fully saturated rings. The minimum Gasteiger partial charge on any atom is -0.396 e. The van der Waals surface area contributed by atoms with Crippen molar-refractivity contribution in [3.05, 3.63) is 35.1 Å². The standard InChI is InChI=1S/C15H20FNO2/c1-11-6-7-12(10-14(11)16)15(19)17(8-3-9-18)13-4-2-5-13/h6-7,10,13,18H,2-5,8-9H2,1H3. The van der Waals surface area contributed by atoms with E-state index in [0.717, 1.165) is 19.3 Å². The Bertz CT molecular complexity index is 457. The maximum atomic E-state index is 13.5. The molecule has 4 heteroatoms. The molecule has 2 rings (SSSR count). The van der Waals surface area contributed by atoms with Crippen LogP contribution < -0.4 is 0 Å². The van der Waals surface area contributed by atoms with Crippen LogP contribution in [0.2, 0.25) is 0 Å². The summed E-state index contributed by atoms with van der Waals surface area (Å²) in [4.78, 5) is 14.2. The topological polar surface area (TPSA) is 40.5 Å². The van der Waals surface area contributed by atoms with Crippen molar-refractivity contribution < 1.29 is 14.3 Å². The van der Waals surface area contributed by atoms with Gasteiger partial charge in [-0.15, -0.1) is 0 Å². The Morgan fingerprint density at radius 2 is 2.21 bits per heavy atom. The molecule has 0 atom stereocenters. The van der Waals surface area contributed by atoms with Crippen LogP contribution in [0.5, 0.6) is 0 Å². The smallest absolute Gasteiger partial charge is 0.254 e. The van der Waals surface area contributed by atoms with Crippen LogP contribution in [-0.4, -0.2) is 35.1 Å². The molecule has 0 radical (unpaired) electrons. The zero-order valence-electron chi connectivity index (χ0n) is 11.2. The third-order valence-electron chi connectivity index (χ3n) is 3.75. The summed E-state index contributed by atoms with van der Waals surface area (Å²) in [5.74, 6) is -0.474. The van der Waals surface area contributed by atoms with Crippen molar-refractivity contribution >= 4 is 5.91 Å². The molecule has 1 aromatic carbocycles. The summed E-state index contributed by atoms with van der Waals surface area (Å²) in [5.41, 5.74) is 0.940. The minimum absolute atomic E-state index is 0.0682. The first-order valence-electron chi connectivity index (χ1n) is 6.81. The first-order chi connectivity index (χ1) is 9.13. The number of aryl methyl sites for hydroxylation is 1. The molecule has 0 saturated heterocycles. The van der Waals surface area contributed by atoms with Crippen molar-refractivity contribution in [1.29, 1.82) is 0 Å². The lowest BCUT2D eigenvalue weighted by atomic mass is 9.90. The van der Waals surface area contributed by atoms with Gasteiger partial charge in [-0.3, -0.25) is 4.79 Å². The number of rotatable bonds is 5. The second-order valence-electron chi connectivity index (χ2n) is 5.12. The number of aliphatic hydroxyl groups excluding tert-OH is 1. The second kappa shape index (κ2) is 6.15. The SMILES string of the molecule is Cc1ccc(C(=O)N(CCCO)C2CCC2)cc1F. The van der Waals surface area contributed by atoms with Gasteiger partial charge in [0.05, 0.1) is 0 Å². The predicted octanol–water partition coefficient (Wildman–Crippen LogP) is 2.51. The van der Waals surface area contributed by atoms with Gasteiger partial charge in [0.15, 0.2) is 0 Å². The van der Waals surface area contributed by atoms with Crippen molar-refractivity contribution in [2.75, 3.05) is 13.2 Å². The number of amides is 1. The molecule has 19 heavy (non-hydrogen) atoms. The van der Waals surface area contributed by atoms with E-state index in [1.165, 1.54) is 6.07 Å². The molecule has 1 aromatic rings. The summed E-state index contributed by atoms with van der Waals surface area (Å²) in [6.07, 6.45) is 3.71. The van der Waals surface area contributed by atoms with Gasteiger partial charge in [-0.1, -0.05) is 6.07 Å². The van der Waals surface area contributed by atoms with E-state index in [9.17, 15) is 9.18 Å². The second-order valence-corrected chi connectivity index (χ2v) is 5.12. The normalized spacial score (nSPS) is 15.1. The summed E-state index contributed by atoms with van der Waals surface area (Å²) in [7, 11) is 0. The van der Waals surface area contributed by atoms with E-state index in [1.807, 2.05) is 0 Å². The molecule has 1 N–H and O–H groups in total. The quantitative estimate of drug-likeness (QED) is 0.888. The summed E-state index contributed by atoms with van der Waals surface area (Å²) in [6.45, 7) is 2.29. The zero-order chi connectivity index (χ0) is 13.8. The van der Waals surface area contributed by atoms with Crippen LogP contribution in [-0.2, 0) is 0 Å². The Labute approximate surface area is 113 Å². The largest absolute Gasteiger partial charge is 0.396 e. The van der Waals surface area contributed by atoms with E-state index in [-0.39, 0.29) is 24.4 Å². The Morgan fingerprint density at radius 3 is 2.74 bits per heavy atom. The third-order valence-corrected chi connectivity index (χ3v) is 3.75. The molecule has 104 valence electrons. The minimum atomic E-state index is -0.346. The molecule has 0 spiro atoms. The first kappa shape index (κ1) is 14.0. The molecule has 0 aromatic heterocycles. The highest BCUT2D eigenvalue weighted by atomic mass is 19.1. The molecule has 1 aliphatic carbocycles. The number of aliphatic hydroxyl groups is 1. The fourth-order valence-electron chi connectivity index (χ4n) is 2.28. The highest BCUT2D eigenvalue weighted by Gasteiger charge is 2.29. The first-order valence-corrected chi connectivity index (χ1v) is 6.81. The number of nitrogens with zero attached hydrogens (tertiary/aromatic N) is 1. The molecular weight excluding hydrogens is 245 g/mol. The summed E-state index contributed by atoms with van der Waals surface area (Å²) >= 11 is 0. The number of carbonyl (C=O) groups is 1. The van der Waals surface area contributed by atoms with Gasteiger partial charge in [-0.25, -0.2) is 4.39 Å². The molecule has 3 nitrogen and oxygen atoms in total. The number of halogens is 1. The highest BCUT2D eigenvalue weighted by Crippen LogP contribution is 2.26. The van der Waals surface area contributed by atoms with Crippen molar-refractivity contribution in [2.45, 2.75) is 38.6 Å². The Hall–Kier alpha value is -1.42. The van der Waals surface area contributed by atoms with Gasteiger partial charge in [-0.05, 0) is 50.3 Å². The van der Waals surface area contributed by atoms with Crippen LogP contribution in [0.4, 0.5) is 4.39 Å². The lowest BCUT2D eigenvalue weighted by molar-refractivity contribution is 0.0562. The molecule has 0 unspecified atom stereocenters. The van der Waals surface area contributed by atoms with Crippen LogP contribution in [0.1, 0.15) is 41.6 Å². The van der Waals surface area contributed by atoms with Gasteiger partial charge in [0.2, 0.25) is 0 Å². The van der Waals surface area contributed by atoms with Crippen LogP contribution >= 0.6 is 0 Å². The average molecular weight is 265 g/mol. The van der Waals surface area contributed by atoms with Crippen molar-refractivity contribution in [3.8, 4) is 0 Å². The number of hydrogen-bond donors (Lipinski definition) is 1. The van der Waals surface area contributed by atoms with Gasteiger partial charge < -0.3 is 10.0 Å². The van der Waals surface area contributed by atoms with Crippen molar-refractivity contribution in [2.24, 2.45) is 0 Å². The van der Waals surface area contributed by atoms with E-state index in [4.69, 9.17) is 5.11 Å². The number of hydrogen-bond acceptors (Lipinski definition) is 2. The van der Waals surface area contributed by atoms with Crippen LogP contribution in [0.3, 0.4) is 0 Å². The lowest BCUT2D eigenvalue weighted by Gasteiger charge is -2.37. The van der Waals surface area contributed by atoms with E-state index in [2.05, 4.69) is 0 Å². The Kier molecular flexibility index (Phi) is 4.53. The third kappa shape index (κ3) is 3.13. The van der Waals surface area contributed by atoms with E-state index in [0.29, 0.717) is 24.1 Å². The fourth-order valence-corrected chi connectivity index (χ4v) is 2.28. The Balaban J connectivity index is 2.15. The molecule has 1 aliphatic rings. The molecule has 0 bridgehead atoms. The molecule has 0 heterocycles. The number of benzene rings is 1. The lowest BCUT2D eigenvalue weighted by Crippen LogP contribution is -2.45. The predicted molar refractivity (Wildman–Crippen MR) is 71.5 cm³/mol. The molecule has 1 amide bonds. The van der Waals surface area contributed by atoms with E-state index in [1.54, 1.807) is 24.0 Å². The van der Waals surface area contributed by atoms with Crippen LogP contribution in [0.15, 0.2) is 18.2 Å².